The molecule has 0 fully saturated rings. The van der Waals surface area contributed by atoms with Crippen LogP contribution in [0.5, 0.6) is 0 Å². The maximum absolute atomic E-state index is 8.61. The summed E-state index contributed by atoms with van der Waals surface area (Å²) in [4.78, 5) is 0. The molecule has 0 aromatic rings. The van der Waals surface area contributed by atoms with Crippen LogP contribution in [0.1, 0.15) is 19.8 Å². The van der Waals surface area contributed by atoms with Crippen LogP contribution in [0.15, 0.2) is 0 Å². The average molecular weight is 104 g/mol. The van der Waals surface area contributed by atoms with Gasteiger partial charge in [-0.05, 0) is 6.42 Å². The molecular formula is C5H12O2. The van der Waals surface area contributed by atoms with Crippen molar-refractivity contribution >= 4 is 0 Å². The number of hydrogen-bond donors (Lipinski definition) is 2. The molecule has 0 aliphatic rings. The van der Waals surface area contributed by atoms with E-state index in [2.05, 4.69) is 0 Å². The van der Waals surface area contributed by atoms with E-state index in [1.807, 2.05) is 6.92 Å². The molecule has 0 heterocycles. The van der Waals surface area contributed by atoms with Crippen molar-refractivity contribution in [1.82, 2.24) is 0 Å². The van der Waals surface area contributed by atoms with Gasteiger partial charge in [-0.15, -0.1) is 0 Å². The van der Waals surface area contributed by atoms with Crippen molar-refractivity contribution in [2.75, 3.05) is 6.61 Å². The molecule has 2 N–H and O–H groups in total. The van der Waals surface area contributed by atoms with Crippen LogP contribution in [0, 0.1) is 0 Å². The van der Waals surface area contributed by atoms with Gasteiger partial charge in [-0.1, -0.05) is 13.3 Å². The Hall–Kier alpha value is -0.0800. The zero-order valence-corrected chi connectivity index (χ0v) is 4.59. The number of rotatable bonds is 3. The molecule has 0 bridgehead atoms. The lowest BCUT2D eigenvalue weighted by Crippen LogP contribution is -2.10. The normalized spacial score (nSPS) is 14.1. The molecule has 0 spiro atoms. The molecule has 0 amide bonds. The molecule has 0 aliphatic heterocycles. The molecule has 0 aromatic carbocycles. The van der Waals surface area contributed by atoms with Crippen LogP contribution in [-0.4, -0.2) is 22.9 Å². The summed E-state index contributed by atoms with van der Waals surface area (Å²) in [5, 5.41) is 16.8. The predicted octanol–water partition coefficient (Wildman–Crippen LogP) is 0.140. The van der Waals surface area contributed by atoms with E-state index >= 15 is 0 Å². The average Bonchev–Trinajstić information content (AvgIpc) is 1.68. The standard InChI is InChI=1S/C5H12O2/c1-2-3-5(7)4-6/h5-7H,2-4H2,1H3/t5-/m0/s1. The SMILES string of the molecule is CCC[C@H](O)CO. The number of aliphatic hydroxyl groups excluding tert-OH is 2. The van der Waals surface area contributed by atoms with Gasteiger partial charge in [0.15, 0.2) is 0 Å². The lowest BCUT2D eigenvalue weighted by molar-refractivity contribution is 0.0877. The zero-order valence-electron chi connectivity index (χ0n) is 4.59. The topological polar surface area (TPSA) is 40.5 Å². The van der Waals surface area contributed by atoms with Crippen molar-refractivity contribution in [2.45, 2.75) is 25.9 Å². The van der Waals surface area contributed by atoms with Crippen LogP contribution in [0.25, 0.3) is 0 Å². The highest BCUT2D eigenvalue weighted by Gasteiger charge is 1.95. The van der Waals surface area contributed by atoms with E-state index in [0.29, 0.717) is 6.42 Å². The van der Waals surface area contributed by atoms with Gasteiger partial charge < -0.3 is 10.2 Å². The largest absolute Gasteiger partial charge is 0.394 e. The molecule has 0 radical (unpaired) electrons. The quantitative estimate of drug-likeness (QED) is 0.534. The minimum absolute atomic E-state index is 0.103. The maximum atomic E-state index is 8.61. The van der Waals surface area contributed by atoms with Crippen LogP contribution >= 0.6 is 0 Å². The lowest BCUT2D eigenvalue weighted by Gasteiger charge is -2.01. The van der Waals surface area contributed by atoms with E-state index in [-0.39, 0.29) is 6.61 Å². The Balaban J connectivity index is 2.83. The van der Waals surface area contributed by atoms with Gasteiger partial charge in [-0.2, -0.15) is 0 Å². The van der Waals surface area contributed by atoms with Gasteiger partial charge in [0.1, 0.15) is 0 Å². The van der Waals surface area contributed by atoms with E-state index in [1.54, 1.807) is 0 Å². The van der Waals surface area contributed by atoms with Crippen molar-refractivity contribution in [3.05, 3.63) is 0 Å². The minimum atomic E-state index is -0.495. The van der Waals surface area contributed by atoms with Crippen LogP contribution in [0.2, 0.25) is 0 Å². The summed E-state index contributed by atoms with van der Waals surface area (Å²) in [5.74, 6) is 0. The van der Waals surface area contributed by atoms with Crippen molar-refractivity contribution in [2.24, 2.45) is 0 Å². The first-order chi connectivity index (χ1) is 3.31. The summed E-state index contributed by atoms with van der Waals surface area (Å²) in [5.41, 5.74) is 0. The molecule has 0 saturated carbocycles. The van der Waals surface area contributed by atoms with Gasteiger partial charge in [0, 0.05) is 0 Å². The second-order valence-corrected chi connectivity index (χ2v) is 1.63. The third-order valence-electron chi connectivity index (χ3n) is 0.833. The van der Waals surface area contributed by atoms with Crippen molar-refractivity contribution < 1.29 is 10.2 Å². The van der Waals surface area contributed by atoms with Gasteiger partial charge in [-0.3, -0.25) is 0 Å². The maximum Gasteiger partial charge on any atom is 0.0770 e. The van der Waals surface area contributed by atoms with E-state index in [0.717, 1.165) is 6.42 Å². The molecule has 0 rings (SSSR count). The van der Waals surface area contributed by atoms with Crippen molar-refractivity contribution in [3.8, 4) is 0 Å². The summed E-state index contributed by atoms with van der Waals surface area (Å²) in [6.45, 7) is 1.87. The highest BCUT2D eigenvalue weighted by atomic mass is 16.3. The number of aliphatic hydroxyl groups is 2. The third kappa shape index (κ3) is 3.76. The van der Waals surface area contributed by atoms with Crippen LogP contribution in [-0.2, 0) is 0 Å². The molecule has 7 heavy (non-hydrogen) atoms. The Labute approximate surface area is 43.8 Å². The van der Waals surface area contributed by atoms with Gasteiger partial charge in [0.05, 0.1) is 12.7 Å². The Kier molecular flexibility index (Phi) is 4.04. The molecule has 0 unspecified atom stereocenters. The predicted molar refractivity (Wildman–Crippen MR) is 28.0 cm³/mol. The molecule has 0 aromatic heterocycles. The van der Waals surface area contributed by atoms with Crippen LogP contribution in [0.3, 0.4) is 0 Å². The molecule has 2 nitrogen and oxygen atoms in total. The van der Waals surface area contributed by atoms with Crippen molar-refractivity contribution in [3.63, 3.8) is 0 Å². The number of hydrogen-bond acceptors (Lipinski definition) is 2. The summed E-state index contributed by atoms with van der Waals surface area (Å²) in [6, 6.07) is 0. The lowest BCUT2D eigenvalue weighted by atomic mass is 10.2. The van der Waals surface area contributed by atoms with Gasteiger partial charge in [0.2, 0.25) is 0 Å². The molecule has 1 atom stereocenters. The molecule has 0 saturated heterocycles. The monoisotopic (exact) mass is 104 g/mol. The Morgan fingerprint density at radius 3 is 2.29 bits per heavy atom. The first-order valence-electron chi connectivity index (χ1n) is 2.60. The van der Waals surface area contributed by atoms with Crippen molar-refractivity contribution in [1.29, 1.82) is 0 Å². The van der Waals surface area contributed by atoms with Gasteiger partial charge in [-0.25, -0.2) is 0 Å². The first-order valence-corrected chi connectivity index (χ1v) is 2.60. The fourth-order valence-corrected chi connectivity index (χ4v) is 0.425. The third-order valence-corrected chi connectivity index (χ3v) is 0.833. The molecular weight excluding hydrogens is 92.1 g/mol. The molecule has 2 heteroatoms. The summed E-state index contributed by atoms with van der Waals surface area (Å²) in [6.07, 6.45) is 1.14. The second-order valence-electron chi connectivity index (χ2n) is 1.63. The fraction of sp³-hybridized carbons (Fsp3) is 1.00. The van der Waals surface area contributed by atoms with Gasteiger partial charge in [0.25, 0.3) is 0 Å². The van der Waals surface area contributed by atoms with E-state index < -0.39 is 6.10 Å². The first kappa shape index (κ1) is 6.92. The van der Waals surface area contributed by atoms with E-state index in [1.165, 1.54) is 0 Å². The Morgan fingerprint density at radius 1 is 1.57 bits per heavy atom. The molecule has 44 valence electrons. The summed E-state index contributed by atoms with van der Waals surface area (Å²) >= 11 is 0. The second kappa shape index (κ2) is 4.09. The minimum Gasteiger partial charge on any atom is -0.394 e. The Morgan fingerprint density at radius 2 is 2.14 bits per heavy atom. The fourth-order valence-electron chi connectivity index (χ4n) is 0.425. The molecule has 0 aliphatic carbocycles. The summed E-state index contributed by atoms with van der Waals surface area (Å²) < 4.78 is 0. The Bertz CT molecular complexity index is 37.1. The highest BCUT2D eigenvalue weighted by molar-refractivity contribution is 4.48. The van der Waals surface area contributed by atoms with Crippen LogP contribution in [0.4, 0.5) is 0 Å². The summed E-state index contributed by atoms with van der Waals surface area (Å²) in [7, 11) is 0. The zero-order chi connectivity index (χ0) is 5.70. The van der Waals surface area contributed by atoms with Gasteiger partial charge >= 0.3 is 0 Å². The highest BCUT2D eigenvalue weighted by Crippen LogP contribution is 1.92. The van der Waals surface area contributed by atoms with E-state index in [9.17, 15) is 0 Å². The van der Waals surface area contributed by atoms with E-state index in [4.69, 9.17) is 10.2 Å². The smallest absolute Gasteiger partial charge is 0.0770 e. The van der Waals surface area contributed by atoms with Crippen LogP contribution < -0.4 is 0 Å².